The molecule has 1 aliphatic heterocycles. The van der Waals surface area contributed by atoms with Crippen LogP contribution in [-0.4, -0.2) is 37.5 Å². The zero-order valence-electron chi connectivity index (χ0n) is 17.9. The number of hydrogen-bond acceptors (Lipinski definition) is 5. The van der Waals surface area contributed by atoms with Crippen LogP contribution in [-0.2, 0) is 35.6 Å². The third kappa shape index (κ3) is 3.43. The van der Waals surface area contributed by atoms with Gasteiger partial charge in [-0.15, -0.1) is 0 Å². The summed E-state index contributed by atoms with van der Waals surface area (Å²) >= 11 is 0. The van der Waals surface area contributed by atoms with Crippen molar-refractivity contribution in [3.63, 3.8) is 0 Å². The molecule has 0 saturated carbocycles. The van der Waals surface area contributed by atoms with Gasteiger partial charge in [-0.25, -0.2) is 9.78 Å². The number of imidazole rings is 1. The SMILES string of the molecule is Cn1c(=O)c2[nH]c(CNC(=O)CN3C(=O)CC(C)(C)c4ccccc43)nc2n(C)c1=O. The lowest BCUT2D eigenvalue weighted by Crippen LogP contribution is -2.46. The van der Waals surface area contributed by atoms with Gasteiger partial charge in [-0.2, -0.15) is 0 Å². The Bertz CT molecular complexity index is 1330. The van der Waals surface area contributed by atoms with Crippen LogP contribution < -0.4 is 21.5 Å². The van der Waals surface area contributed by atoms with Gasteiger partial charge in [0.1, 0.15) is 17.9 Å². The number of para-hydroxylation sites is 1. The number of nitrogens with one attached hydrogen (secondary N) is 2. The van der Waals surface area contributed by atoms with E-state index in [2.05, 4.69) is 15.3 Å². The second-order valence-electron chi connectivity index (χ2n) is 8.42. The minimum Gasteiger partial charge on any atom is -0.347 e. The maximum absolute atomic E-state index is 12.7. The predicted molar refractivity (Wildman–Crippen MR) is 115 cm³/mol. The first-order valence-electron chi connectivity index (χ1n) is 9.91. The molecule has 4 rings (SSSR count). The lowest BCUT2D eigenvalue weighted by atomic mass is 9.77. The van der Waals surface area contributed by atoms with E-state index in [0.717, 1.165) is 15.8 Å². The van der Waals surface area contributed by atoms with E-state index in [1.165, 1.54) is 23.6 Å². The molecule has 0 atom stereocenters. The van der Waals surface area contributed by atoms with E-state index in [1.54, 1.807) is 0 Å². The summed E-state index contributed by atoms with van der Waals surface area (Å²) in [5.74, 6) is -0.126. The van der Waals surface area contributed by atoms with Crippen molar-refractivity contribution in [2.45, 2.75) is 32.2 Å². The Morgan fingerprint density at radius 3 is 2.61 bits per heavy atom. The summed E-state index contributed by atoms with van der Waals surface area (Å²) in [5, 5.41) is 2.72. The largest absolute Gasteiger partial charge is 0.347 e. The molecule has 0 saturated heterocycles. The molecule has 0 spiro atoms. The normalized spacial score (nSPS) is 15.2. The molecule has 2 amide bonds. The minimum absolute atomic E-state index is 0.0278. The zero-order chi connectivity index (χ0) is 22.5. The van der Waals surface area contributed by atoms with Crippen molar-refractivity contribution in [3.8, 4) is 0 Å². The number of carbonyl (C=O) groups excluding carboxylic acids is 2. The van der Waals surface area contributed by atoms with E-state index in [4.69, 9.17) is 0 Å². The molecule has 3 heterocycles. The maximum atomic E-state index is 12.7. The molecule has 10 heteroatoms. The highest BCUT2D eigenvalue weighted by atomic mass is 16.2. The predicted octanol–water partition coefficient (Wildman–Crippen LogP) is 0.291. The van der Waals surface area contributed by atoms with Gasteiger partial charge in [0.25, 0.3) is 5.56 Å². The van der Waals surface area contributed by atoms with Crippen LogP contribution in [0.4, 0.5) is 5.69 Å². The molecule has 3 aromatic rings. The van der Waals surface area contributed by atoms with Gasteiger partial charge in [0.05, 0.1) is 6.54 Å². The molecule has 2 N–H and O–H groups in total. The second kappa shape index (κ2) is 7.22. The Hall–Kier alpha value is -3.69. The molecule has 1 aliphatic rings. The Kier molecular flexibility index (Phi) is 4.79. The molecule has 162 valence electrons. The number of aryl methyl sites for hydroxylation is 1. The van der Waals surface area contributed by atoms with Crippen molar-refractivity contribution in [1.82, 2.24) is 24.4 Å². The number of aromatic nitrogens is 4. The van der Waals surface area contributed by atoms with Crippen molar-refractivity contribution >= 4 is 28.7 Å². The van der Waals surface area contributed by atoms with Crippen LogP contribution in [0.15, 0.2) is 33.9 Å². The summed E-state index contributed by atoms with van der Waals surface area (Å²) in [6, 6.07) is 7.59. The van der Waals surface area contributed by atoms with Gasteiger partial charge in [-0.1, -0.05) is 32.0 Å². The fourth-order valence-corrected chi connectivity index (χ4v) is 4.00. The fraction of sp³-hybridized carbons (Fsp3) is 0.381. The van der Waals surface area contributed by atoms with Crippen LogP contribution in [0.2, 0.25) is 0 Å². The van der Waals surface area contributed by atoms with Crippen LogP contribution in [0.3, 0.4) is 0 Å². The summed E-state index contributed by atoms with van der Waals surface area (Å²) in [4.78, 5) is 58.2. The molecule has 0 radical (unpaired) electrons. The number of anilines is 1. The van der Waals surface area contributed by atoms with Crippen LogP contribution in [0, 0.1) is 0 Å². The molecule has 0 aliphatic carbocycles. The summed E-state index contributed by atoms with van der Waals surface area (Å²) in [6.07, 6.45) is 0.318. The number of benzene rings is 1. The molecule has 1 aromatic carbocycles. The van der Waals surface area contributed by atoms with Gasteiger partial charge in [-0.05, 0) is 11.6 Å². The Morgan fingerprint density at radius 2 is 1.87 bits per heavy atom. The first-order valence-corrected chi connectivity index (χ1v) is 9.91. The summed E-state index contributed by atoms with van der Waals surface area (Å²) in [7, 11) is 2.91. The lowest BCUT2D eigenvalue weighted by molar-refractivity contribution is -0.124. The molecule has 31 heavy (non-hydrogen) atoms. The minimum atomic E-state index is -0.485. The number of H-pyrrole nitrogens is 1. The second-order valence-corrected chi connectivity index (χ2v) is 8.42. The third-order valence-electron chi connectivity index (χ3n) is 5.72. The van der Waals surface area contributed by atoms with Crippen LogP contribution >= 0.6 is 0 Å². The van der Waals surface area contributed by atoms with Crippen molar-refractivity contribution in [2.75, 3.05) is 11.4 Å². The summed E-state index contributed by atoms with van der Waals surface area (Å²) in [5.41, 5.74) is 0.913. The van der Waals surface area contributed by atoms with Gasteiger partial charge in [0, 0.05) is 31.6 Å². The van der Waals surface area contributed by atoms with E-state index in [-0.39, 0.29) is 41.5 Å². The Balaban J connectivity index is 1.52. The van der Waals surface area contributed by atoms with E-state index in [9.17, 15) is 19.2 Å². The number of carbonyl (C=O) groups is 2. The number of rotatable bonds is 4. The third-order valence-corrected chi connectivity index (χ3v) is 5.72. The smallest absolute Gasteiger partial charge is 0.332 e. The highest BCUT2D eigenvalue weighted by Gasteiger charge is 2.36. The first-order chi connectivity index (χ1) is 14.6. The van der Waals surface area contributed by atoms with Crippen molar-refractivity contribution in [3.05, 3.63) is 56.5 Å². The molecule has 0 bridgehead atoms. The van der Waals surface area contributed by atoms with Crippen molar-refractivity contribution in [1.29, 1.82) is 0 Å². The number of aromatic amines is 1. The Labute approximate surface area is 177 Å². The molecular formula is C21H24N6O4. The van der Waals surface area contributed by atoms with Crippen molar-refractivity contribution in [2.24, 2.45) is 14.1 Å². The van der Waals surface area contributed by atoms with E-state index >= 15 is 0 Å². The standard InChI is InChI=1S/C21H24N6O4/c1-21(2)9-16(29)27(13-8-6-5-7-12(13)21)11-15(28)22-10-14-23-17-18(24-14)25(3)20(31)26(4)19(17)30/h5-8H,9-11H2,1-4H3,(H,22,28)(H,23,24). The quantitative estimate of drug-likeness (QED) is 0.623. The van der Waals surface area contributed by atoms with Crippen LogP contribution in [0.1, 0.15) is 31.7 Å². The van der Waals surface area contributed by atoms with Gasteiger partial charge < -0.3 is 15.2 Å². The fourth-order valence-electron chi connectivity index (χ4n) is 4.00. The number of hydrogen-bond donors (Lipinski definition) is 2. The highest BCUT2D eigenvalue weighted by Crippen LogP contribution is 2.39. The van der Waals surface area contributed by atoms with E-state index < -0.39 is 11.2 Å². The molecule has 10 nitrogen and oxygen atoms in total. The zero-order valence-corrected chi connectivity index (χ0v) is 17.9. The van der Waals surface area contributed by atoms with Gasteiger partial charge >= 0.3 is 5.69 Å². The van der Waals surface area contributed by atoms with E-state index in [0.29, 0.717) is 12.2 Å². The molecular weight excluding hydrogens is 400 g/mol. The lowest BCUT2D eigenvalue weighted by Gasteiger charge is -2.38. The van der Waals surface area contributed by atoms with Crippen LogP contribution in [0.5, 0.6) is 0 Å². The number of nitrogens with zero attached hydrogens (tertiary/aromatic N) is 4. The summed E-state index contributed by atoms with van der Waals surface area (Å²) in [6.45, 7) is 3.94. The topological polar surface area (TPSA) is 122 Å². The monoisotopic (exact) mass is 424 g/mol. The van der Waals surface area contributed by atoms with Crippen LogP contribution in [0.25, 0.3) is 11.2 Å². The molecule has 0 fully saturated rings. The average molecular weight is 424 g/mol. The first kappa shape index (κ1) is 20.6. The van der Waals surface area contributed by atoms with E-state index in [1.807, 2.05) is 38.1 Å². The van der Waals surface area contributed by atoms with Crippen molar-refractivity contribution < 1.29 is 9.59 Å². The Morgan fingerprint density at radius 1 is 1.16 bits per heavy atom. The average Bonchev–Trinajstić information content (AvgIpc) is 3.16. The number of fused-ring (bicyclic) bond motifs is 2. The molecule has 2 aromatic heterocycles. The maximum Gasteiger partial charge on any atom is 0.332 e. The highest BCUT2D eigenvalue weighted by molar-refractivity contribution is 6.02. The summed E-state index contributed by atoms with van der Waals surface area (Å²) < 4.78 is 2.26. The number of amides is 2. The van der Waals surface area contributed by atoms with Gasteiger partial charge in [0.15, 0.2) is 5.65 Å². The van der Waals surface area contributed by atoms with Gasteiger partial charge in [0.2, 0.25) is 11.8 Å². The molecule has 0 unspecified atom stereocenters. The van der Waals surface area contributed by atoms with Gasteiger partial charge in [-0.3, -0.25) is 23.5 Å².